The lowest BCUT2D eigenvalue weighted by Crippen LogP contribution is -2.38. The fourth-order valence-electron chi connectivity index (χ4n) is 5.45. The summed E-state index contributed by atoms with van der Waals surface area (Å²) in [5, 5.41) is 8.76. The number of amides is 1. The van der Waals surface area contributed by atoms with Crippen molar-refractivity contribution in [3.8, 4) is 0 Å². The molecule has 3 heterocycles. The highest BCUT2D eigenvalue weighted by molar-refractivity contribution is 7.99. The summed E-state index contributed by atoms with van der Waals surface area (Å²) in [4.78, 5) is 17.3. The van der Waals surface area contributed by atoms with Gasteiger partial charge in [-0.25, -0.2) is 0 Å². The van der Waals surface area contributed by atoms with Crippen molar-refractivity contribution in [1.82, 2.24) is 20.0 Å². The number of nitrogens with zero attached hydrogens (tertiary/aromatic N) is 4. The molecule has 1 amide bonds. The van der Waals surface area contributed by atoms with E-state index < -0.39 is 0 Å². The molecule has 3 aliphatic rings. The number of thioether (sulfide) groups is 1. The molecule has 3 fully saturated rings. The number of rotatable bonds is 5. The average Bonchev–Trinajstić information content (AvgIpc) is 3.25. The van der Waals surface area contributed by atoms with Crippen LogP contribution in [0.2, 0.25) is 0 Å². The number of fused-ring (bicyclic) bond motifs is 2. The van der Waals surface area contributed by atoms with Crippen molar-refractivity contribution in [1.29, 1.82) is 0 Å². The Labute approximate surface area is 160 Å². The predicted octanol–water partition coefficient (Wildman–Crippen LogP) is 3.18. The first-order valence-electron chi connectivity index (χ1n) is 9.79. The molecular formula is C19H30N4O2S. The number of aromatic nitrogens is 2. The Morgan fingerprint density at radius 2 is 2.00 bits per heavy atom. The van der Waals surface area contributed by atoms with E-state index in [4.69, 9.17) is 4.42 Å². The van der Waals surface area contributed by atoms with Crippen LogP contribution in [0.5, 0.6) is 0 Å². The minimum absolute atomic E-state index is 0.209. The van der Waals surface area contributed by atoms with Gasteiger partial charge in [-0.05, 0) is 56.0 Å². The van der Waals surface area contributed by atoms with Gasteiger partial charge in [0.1, 0.15) is 0 Å². The van der Waals surface area contributed by atoms with Gasteiger partial charge in [-0.3, -0.25) is 9.69 Å². The highest BCUT2D eigenvalue weighted by atomic mass is 32.2. The second kappa shape index (κ2) is 6.82. The summed E-state index contributed by atoms with van der Waals surface area (Å²) in [6, 6.07) is 0.394. The van der Waals surface area contributed by atoms with Crippen molar-refractivity contribution >= 4 is 17.7 Å². The SMILES string of the molecule is CC1(C)C[C@@H]2C[C@@](C)(CN2C(=O)CSc2nnc(CN3CCCC3)o2)C1. The van der Waals surface area contributed by atoms with Crippen molar-refractivity contribution in [3.05, 3.63) is 5.89 Å². The van der Waals surface area contributed by atoms with Gasteiger partial charge in [0, 0.05) is 12.6 Å². The summed E-state index contributed by atoms with van der Waals surface area (Å²) >= 11 is 1.38. The van der Waals surface area contributed by atoms with Crippen molar-refractivity contribution in [2.24, 2.45) is 10.8 Å². The monoisotopic (exact) mass is 378 g/mol. The van der Waals surface area contributed by atoms with Gasteiger partial charge in [0.25, 0.3) is 5.22 Å². The Balaban J connectivity index is 1.31. The molecule has 26 heavy (non-hydrogen) atoms. The number of carbonyl (C=O) groups is 1. The molecule has 2 saturated heterocycles. The van der Waals surface area contributed by atoms with Crippen LogP contribution in [0.1, 0.15) is 58.8 Å². The third kappa shape index (κ3) is 3.93. The Morgan fingerprint density at radius 3 is 2.77 bits per heavy atom. The van der Waals surface area contributed by atoms with Gasteiger partial charge < -0.3 is 9.32 Å². The zero-order valence-corrected chi connectivity index (χ0v) is 17.0. The molecule has 0 spiro atoms. The van der Waals surface area contributed by atoms with Crippen LogP contribution in [0.25, 0.3) is 0 Å². The average molecular weight is 379 g/mol. The molecular weight excluding hydrogens is 348 g/mol. The summed E-state index contributed by atoms with van der Waals surface area (Å²) in [6.07, 6.45) is 5.96. The van der Waals surface area contributed by atoms with Gasteiger partial charge in [0.15, 0.2) is 0 Å². The molecule has 0 radical (unpaired) electrons. The van der Waals surface area contributed by atoms with E-state index >= 15 is 0 Å². The Kier molecular flexibility index (Phi) is 4.80. The Bertz CT molecular complexity index is 670. The summed E-state index contributed by atoms with van der Waals surface area (Å²) in [5.74, 6) is 1.26. The van der Waals surface area contributed by atoms with Crippen molar-refractivity contribution in [2.75, 3.05) is 25.4 Å². The largest absolute Gasteiger partial charge is 0.415 e. The van der Waals surface area contributed by atoms with Gasteiger partial charge in [0.2, 0.25) is 11.8 Å². The van der Waals surface area contributed by atoms with E-state index in [0.29, 0.717) is 28.3 Å². The minimum Gasteiger partial charge on any atom is -0.415 e. The highest BCUT2D eigenvalue weighted by Crippen LogP contribution is 2.52. The molecule has 1 aromatic heterocycles. The van der Waals surface area contributed by atoms with Crippen LogP contribution >= 0.6 is 11.8 Å². The second-order valence-corrected chi connectivity index (χ2v) is 10.4. The quantitative estimate of drug-likeness (QED) is 0.733. The molecule has 1 aliphatic carbocycles. The van der Waals surface area contributed by atoms with Crippen LogP contribution in [0.15, 0.2) is 9.64 Å². The molecule has 0 aromatic carbocycles. The van der Waals surface area contributed by atoms with Crippen molar-refractivity contribution in [2.45, 2.75) is 70.7 Å². The van der Waals surface area contributed by atoms with Crippen molar-refractivity contribution in [3.63, 3.8) is 0 Å². The number of hydrogen-bond acceptors (Lipinski definition) is 6. The van der Waals surface area contributed by atoms with Gasteiger partial charge in [-0.15, -0.1) is 10.2 Å². The molecule has 2 aliphatic heterocycles. The van der Waals surface area contributed by atoms with Crippen LogP contribution in [-0.2, 0) is 11.3 Å². The fourth-order valence-corrected chi connectivity index (χ4v) is 6.12. The topological polar surface area (TPSA) is 62.5 Å². The maximum absolute atomic E-state index is 12.8. The maximum Gasteiger partial charge on any atom is 0.277 e. The smallest absolute Gasteiger partial charge is 0.277 e. The van der Waals surface area contributed by atoms with Gasteiger partial charge >= 0.3 is 0 Å². The lowest BCUT2D eigenvalue weighted by Gasteiger charge is -2.39. The summed E-state index contributed by atoms with van der Waals surface area (Å²) in [7, 11) is 0. The maximum atomic E-state index is 12.8. The van der Waals surface area contributed by atoms with Crippen LogP contribution < -0.4 is 0 Å². The Hall–Kier alpha value is -1.08. The second-order valence-electron chi connectivity index (χ2n) is 9.47. The molecule has 0 N–H and O–H groups in total. The zero-order chi connectivity index (χ0) is 18.4. The summed E-state index contributed by atoms with van der Waals surface area (Å²) < 4.78 is 5.73. The first-order valence-corrected chi connectivity index (χ1v) is 10.8. The van der Waals surface area contributed by atoms with Gasteiger partial charge in [-0.2, -0.15) is 0 Å². The normalized spacial score (nSPS) is 30.9. The zero-order valence-electron chi connectivity index (χ0n) is 16.2. The van der Waals surface area contributed by atoms with E-state index in [-0.39, 0.29) is 11.3 Å². The number of hydrogen-bond donors (Lipinski definition) is 0. The van der Waals surface area contributed by atoms with E-state index in [2.05, 4.69) is 40.8 Å². The van der Waals surface area contributed by atoms with Crippen LogP contribution in [-0.4, -0.2) is 57.3 Å². The molecule has 4 rings (SSSR count). The minimum atomic E-state index is 0.209. The third-order valence-electron chi connectivity index (χ3n) is 6.06. The molecule has 6 nitrogen and oxygen atoms in total. The highest BCUT2D eigenvalue weighted by Gasteiger charge is 2.50. The molecule has 144 valence electrons. The van der Waals surface area contributed by atoms with Gasteiger partial charge in [0.05, 0.1) is 12.3 Å². The summed E-state index contributed by atoms with van der Waals surface area (Å²) in [6.45, 7) is 10.8. The summed E-state index contributed by atoms with van der Waals surface area (Å²) in [5.41, 5.74) is 0.608. The lowest BCUT2D eigenvalue weighted by molar-refractivity contribution is -0.129. The van der Waals surface area contributed by atoms with Gasteiger partial charge in [-0.1, -0.05) is 32.5 Å². The lowest BCUT2D eigenvalue weighted by atomic mass is 9.65. The van der Waals surface area contributed by atoms with Crippen LogP contribution in [0, 0.1) is 10.8 Å². The first kappa shape index (κ1) is 18.3. The number of carbonyl (C=O) groups excluding carboxylic acids is 1. The van der Waals surface area contributed by atoms with E-state index in [0.717, 1.165) is 39.0 Å². The van der Waals surface area contributed by atoms with E-state index in [1.807, 2.05) is 0 Å². The van der Waals surface area contributed by atoms with E-state index in [9.17, 15) is 4.79 Å². The molecule has 1 saturated carbocycles. The molecule has 7 heteroatoms. The van der Waals surface area contributed by atoms with Crippen LogP contribution in [0.4, 0.5) is 0 Å². The third-order valence-corrected chi connectivity index (χ3v) is 6.86. The van der Waals surface area contributed by atoms with Crippen molar-refractivity contribution < 1.29 is 9.21 Å². The Morgan fingerprint density at radius 1 is 1.23 bits per heavy atom. The first-order chi connectivity index (χ1) is 12.3. The van der Waals surface area contributed by atoms with E-state index in [1.165, 1.54) is 31.0 Å². The predicted molar refractivity (Wildman–Crippen MR) is 101 cm³/mol. The fraction of sp³-hybridized carbons (Fsp3) is 0.842. The molecule has 2 bridgehead atoms. The molecule has 1 aromatic rings. The molecule has 2 atom stereocenters. The molecule has 0 unspecified atom stereocenters. The van der Waals surface area contributed by atoms with E-state index in [1.54, 1.807) is 0 Å². The standard InChI is InChI=1S/C19H30N4O2S/c1-18(2)8-14-9-19(3,12-18)13-23(14)16(24)11-26-17-21-20-15(25-17)10-22-6-4-5-7-22/h14H,4-13H2,1-3H3/t14-,19-/m1/s1. The van der Waals surface area contributed by atoms with Crippen LogP contribution in [0.3, 0.4) is 0 Å². The number of likely N-dealkylation sites (tertiary alicyclic amines) is 2.